The van der Waals surface area contributed by atoms with E-state index in [0.29, 0.717) is 0 Å². The van der Waals surface area contributed by atoms with Crippen LogP contribution in [0.1, 0.15) is 31.2 Å². The molecule has 1 N–H and O–H groups in total. The molecule has 2 aromatic rings. The van der Waals surface area contributed by atoms with Crippen LogP contribution in [-0.2, 0) is 15.0 Å². The van der Waals surface area contributed by atoms with Crippen molar-refractivity contribution < 1.29 is 9.63 Å². The Labute approximate surface area is 134 Å². The summed E-state index contributed by atoms with van der Waals surface area (Å²) in [7, 11) is 0. The first-order chi connectivity index (χ1) is 10.5. The lowest BCUT2D eigenvalue weighted by molar-refractivity contribution is -0.120. The number of nitrogens with one attached hydrogen (secondary N) is 1. The lowest BCUT2D eigenvalue weighted by Gasteiger charge is -2.22. The van der Waals surface area contributed by atoms with Crippen molar-refractivity contribution in [2.45, 2.75) is 26.2 Å². The van der Waals surface area contributed by atoms with Crippen LogP contribution in [0.4, 0.5) is 5.69 Å². The zero-order valence-electron chi connectivity index (χ0n) is 13.0. The van der Waals surface area contributed by atoms with Gasteiger partial charge in [0.1, 0.15) is 0 Å². The minimum atomic E-state index is -0.222. The average Bonchev–Trinajstić information content (AvgIpc) is 2.96. The highest BCUT2D eigenvalue weighted by atomic mass is 32.1. The summed E-state index contributed by atoms with van der Waals surface area (Å²) >= 11 is 1.56. The van der Waals surface area contributed by atoms with Gasteiger partial charge in [-0.05, 0) is 28.5 Å². The van der Waals surface area contributed by atoms with Gasteiger partial charge in [-0.3, -0.25) is 4.79 Å². The van der Waals surface area contributed by atoms with Crippen LogP contribution in [0.15, 0.2) is 46.9 Å². The van der Waals surface area contributed by atoms with Crippen LogP contribution < -0.4 is 5.32 Å². The molecule has 4 nitrogen and oxygen atoms in total. The van der Waals surface area contributed by atoms with Crippen molar-refractivity contribution in [2.75, 3.05) is 11.9 Å². The first-order valence-corrected chi connectivity index (χ1v) is 7.93. The van der Waals surface area contributed by atoms with Crippen molar-refractivity contribution in [1.29, 1.82) is 0 Å². The fourth-order valence-electron chi connectivity index (χ4n) is 1.98. The smallest absolute Gasteiger partial charge is 0.265 e. The second-order valence-electron chi connectivity index (χ2n) is 5.87. The number of nitrogens with zero attached hydrogens (tertiary/aromatic N) is 1. The number of carbonyl (C=O) groups is 1. The summed E-state index contributed by atoms with van der Waals surface area (Å²) in [5.41, 5.74) is 1.86. The molecule has 0 bridgehead atoms. The van der Waals surface area contributed by atoms with Gasteiger partial charge in [0.25, 0.3) is 5.91 Å². The molecule has 0 aliphatic heterocycles. The van der Waals surface area contributed by atoms with E-state index < -0.39 is 0 Å². The van der Waals surface area contributed by atoms with E-state index in [4.69, 9.17) is 4.84 Å². The summed E-state index contributed by atoms with van der Waals surface area (Å²) in [5.74, 6) is -0.222. The normalized spacial score (nSPS) is 11.6. The van der Waals surface area contributed by atoms with Crippen LogP contribution in [0.3, 0.4) is 0 Å². The number of hydrogen-bond donors (Lipinski definition) is 1. The van der Waals surface area contributed by atoms with E-state index in [-0.39, 0.29) is 17.9 Å². The average molecular weight is 316 g/mol. The third-order valence-corrected chi connectivity index (χ3v) is 3.81. The van der Waals surface area contributed by atoms with Gasteiger partial charge >= 0.3 is 0 Å². The van der Waals surface area contributed by atoms with Gasteiger partial charge in [0.2, 0.25) is 0 Å². The molecule has 5 heteroatoms. The van der Waals surface area contributed by atoms with Crippen molar-refractivity contribution in [1.82, 2.24) is 0 Å². The third kappa shape index (κ3) is 4.70. The van der Waals surface area contributed by atoms with Gasteiger partial charge in [-0.15, -0.1) is 11.3 Å². The Morgan fingerprint density at radius 2 is 2.05 bits per heavy atom. The molecule has 0 radical (unpaired) electrons. The van der Waals surface area contributed by atoms with Crippen LogP contribution >= 0.6 is 11.3 Å². The topological polar surface area (TPSA) is 50.7 Å². The van der Waals surface area contributed by atoms with E-state index in [0.717, 1.165) is 16.1 Å². The number of hydrogen-bond acceptors (Lipinski definition) is 4. The maximum absolute atomic E-state index is 11.9. The van der Waals surface area contributed by atoms with Gasteiger partial charge in [-0.25, -0.2) is 0 Å². The summed E-state index contributed by atoms with van der Waals surface area (Å²) in [6.45, 7) is 6.22. The van der Waals surface area contributed by atoms with Crippen LogP contribution in [0.2, 0.25) is 0 Å². The first-order valence-electron chi connectivity index (χ1n) is 7.05. The van der Waals surface area contributed by atoms with E-state index in [9.17, 15) is 4.79 Å². The van der Waals surface area contributed by atoms with Crippen LogP contribution in [-0.4, -0.2) is 18.7 Å². The van der Waals surface area contributed by atoms with Gasteiger partial charge < -0.3 is 10.2 Å². The predicted octanol–water partition coefficient (Wildman–Crippen LogP) is 4.03. The van der Waals surface area contributed by atoms with Crippen LogP contribution in [0, 0.1) is 0 Å². The molecule has 1 aromatic heterocycles. The highest BCUT2D eigenvalue weighted by Gasteiger charge is 2.18. The minimum Gasteiger partial charge on any atom is -0.386 e. The molecule has 0 aliphatic rings. The van der Waals surface area contributed by atoms with Gasteiger partial charge in [0.05, 0.1) is 6.21 Å². The number of carbonyl (C=O) groups excluding carboxylic acids is 1. The predicted molar refractivity (Wildman–Crippen MR) is 91.6 cm³/mol. The zero-order chi connectivity index (χ0) is 16.0. The molecule has 22 heavy (non-hydrogen) atoms. The molecule has 0 saturated heterocycles. The zero-order valence-corrected chi connectivity index (χ0v) is 13.8. The Morgan fingerprint density at radius 1 is 1.27 bits per heavy atom. The molecule has 0 unspecified atom stereocenters. The standard InChI is InChI=1S/C17H20N2O2S/c1-17(2,3)14-8-4-5-9-15(14)19-16(20)12-21-18-11-13-7-6-10-22-13/h4-11H,12H2,1-3H3,(H,19,20)/b18-11+. The lowest BCUT2D eigenvalue weighted by atomic mass is 9.86. The first kappa shape index (κ1) is 16.2. The fraction of sp³-hybridized carbons (Fsp3) is 0.294. The number of oxime groups is 1. The highest BCUT2D eigenvalue weighted by molar-refractivity contribution is 7.11. The molecule has 1 heterocycles. The second kappa shape index (κ2) is 7.22. The maximum Gasteiger partial charge on any atom is 0.265 e. The summed E-state index contributed by atoms with van der Waals surface area (Å²) in [6.07, 6.45) is 1.60. The molecule has 1 aromatic carbocycles. The molecular formula is C17H20N2O2S. The van der Waals surface area contributed by atoms with Gasteiger partial charge in [0.15, 0.2) is 6.61 Å². The number of para-hydroxylation sites is 1. The lowest BCUT2D eigenvalue weighted by Crippen LogP contribution is -2.21. The molecule has 2 rings (SSSR count). The Hall–Kier alpha value is -2.14. The third-order valence-electron chi connectivity index (χ3n) is 3.00. The summed E-state index contributed by atoms with van der Waals surface area (Å²) < 4.78 is 0. The van der Waals surface area contributed by atoms with E-state index in [1.165, 1.54) is 0 Å². The fourth-order valence-corrected chi connectivity index (χ4v) is 2.56. The number of benzene rings is 1. The van der Waals surface area contributed by atoms with Gasteiger partial charge in [-0.1, -0.05) is 50.2 Å². The van der Waals surface area contributed by atoms with E-state index in [1.807, 2.05) is 41.8 Å². The quantitative estimate of drug-likeness (QED) is 0.668. The van der Waals surface area contributed by atoms with Crippen LogP contribution in [0.25, 0.3) is 0 Å². The number of rotatable bonds is 5. The Morgan fingerprint density at radius 3 is 2.73 bits per heavy atom. The summed E-state index contributed by atoms with van der Waals surface area (Å²) in [6, 6.07) is 11.6. The largest absolute Gasteiger partial charge is 0.386 e. The molecule has 1 amide bonds. The number of anilines is 1. The van der Waals surface area contributed by atoms with Gasteiger partial charge in [-0.2, -0.15) is 0 Å². The molecule has 0 fully saturated rings. The van der Waals surface area contributed by atoms with E-state index >= 15 is 0 Å². The number of amides is 1. The van der Waals surface area contributed by atoms with Crippen molar-refractivity contribution in [3.8, 4) is 0 Å². The monoisotopic (exact) mass is 316 g/mol. The molecule has 0 atom stereocenters. The molecular weight excluding hydrogens is 296 g/mol. The molecule has 0 spiro atoms. The molecule has 0 aliphatic carbocycles. The number of thiophene rings is 1. The second-order valence-corrected chi connectivity index (χ2v) is 6.85. The van der Waals surface area contributed by atoms with Crippen molar-refractivity contribution in [3.63, 3.8) is 0 Å². The van der Waals surface area contributed by atoms with Crippen molar-refractivity contribution in [3.05, 3.63) is 52.2 Å². The Kier molecular flexibility index (Phi) is 5.33. The summed E-state index contributed by atoms with van der Waals surface area (Å²) in [4.78, 5) is 18.0. The SMILES string of the molecule is CC(C)(C)c1ccccc1NC(=O)CO/N=C/c1cccs1. The van der Waals surface area contributed by atoms with E-state index in [1.54, 1.807) is 17.6 Å². The van der Waals surface area contributed by atoms with Crippen LogP contribution in [0.5, 0.6) is 0 Å². The Balaban J connectivity index is 1.90. The van der Waals surface area contributed by atoms with Gasteiger partial charge in [0, 0.05) is 10.6 Å². The minimum absolute atomic E-state index is 0.0396. The maximum atomic E-state index is 11.9. The Bertz CT molecular complexity index is 643. The van der Waals surface area contributed by atoms with E-state index in [2.05, 4.69) is 31.2 Å². The summed E-state index contributed by atoms with van der Waals surface area (Å²) in [5, 5.41) is 8.62. The molecule has 116 valence electrons. The van der Waals surface area contributed by atoms with Crippen molar-refractivity contribution in [2.24, 2.45) is 5.16 Å². The highest BCUT2D eigenvalue weighted by Crippen LogP contribution is 2.29. The van der Waals surface area contributed by atoms with Crippen molar-refractivity contribution >= 4 is 29.1 Å². The molecule has 0 saturated carbocycles.